The molecule has 1 heterocycles. The van der Waals surface area contributed by atoms with Gasteiger partial charge in [-0.25, -0.2) is 0 Å². The topological polar surface area (TPSA) is 21.6 Å². The van der Waals surface area contributed by atoms with Gasteiger partial charge in [-0.05, 0) is 6.92 Å². The highest BCUT2D eigenvalue weighted by atomic mass is 16.6. The van der Waals surface area contributed by atoms with Gasteiger partial charge in [0.05, 0.1) is 5.71 Å². The Morgan fingerprint density at radius 2 is 2.10 bits per heavy atom. The fourth-order valence-corrected chi connectivity index (χ4v) is 0.961. The van der Waals surface area contributed by atoms with E-state index in [1.807, 2.05) is 6.92 Å². The predicted molar refractivity (Wildman–Crippen MR) is 42.1 cm³/mol. The second-order valence-corrected chi connectivity index (χ2v) is 3.99. The van der Waals surface area contributed by atoms with Gasteiger partial charge < -0.3 is 4.84 Å². The molecule has 0 aromatic heterocycles. The third-order valence-electron chi connectivity index (χ3n) is 1.78. The second-order valence-electron chi connectivity index (χ2n) is 3.99. The van der Waals surface area contributed by atoms with Crippen molar-refractivity contribution in [3.05, 3.63) is 0 Å². The number of rotatable bonds is 0. The Morgan fingerprint density at radius 1 is 1.50 bits per heavy atom. The van der Waals surface area contributed by atoms with Gasteiger partial charge in [-0.3, -0.25) is 0 Å². The lowest BCUT2D eigenvalue weighted by Gasteiger charge is -2.23. The van der Waals surface area contributed by atoms with E-state index < -0.39 is 0 Å². The van der Waals surface area contributed by atoms with Gasteiger partial charge in [-0.2, -0.15) is 0 Å². The van der Waals surface area contributed by atoms with Crippen molar-refractivity contribution in [2.45, 2.75) is 40.2 Å². The van der Waals surface area contributed by atoms with Gasteiger partial charge in [0.25, 0.3) is 0 Å². The van der Waals surface area contributed by atoms with E-state index in [1.54, 1.807) is 0 Å². The maximum atomic E-state index is 5.22. The molecule has 1 atom stereocenters. The van der Waals surface area contributed by atoms with Crippen LogP contribution in [0.1, 0.15) is 34.1 Å². The molecule has 1 rings (SSSR count). The minimum absolute atomic E-state index is 0.223. The lowest BCUT2D eigenvalue weighted by Crippen LogP contribution is -2.25. The van der Waals surface area contributed by atoms with Crippen molar-refractivity contribution in [1.82, 2.24) is 0 Å². The normalized spacial score (nSPS) is 26.0. The van der Waals surface area contributed by atoms with Crippen molar-refractivity contribution in [3.63, 3.8) is 0 Å². The molecule has 10 heavy (non-hydrogen) atoms. The highest BCUT2D eigenvalue weighted by molar-refractivity contribution is 5.82. The van der Waals surface area contributed by atoms with E-state index in [4.69, 9.17) is 4.84 Å². The molecule has 0 aromatic carbocycles. The summed E-state index contributed by atoms with van der Waals surface area (Å²) in [7, 11) is 0. The number of oxime groups is 1. The molecule has 58 valence electrons. The fraction of sp³-hybridized carbons (Fsp3) is 0.875. The molecule has 0 fully saturated rings. The van der Waals surface area contributed by atoms with Crippen LogP contribution >= 0.6 is 0 Å². The lowest BCUT2D eigenvalue weighted by molar-refractivity contribution is 0.00831. The van der Waals surface area contributed by atoms with E-state index in [2.05, 4.69) is 25.9 Å². The molecule has 0 radical (unpaired) electrons. The van der Waals surface area contributed by atoms with E-state index >= 15 is 0 Å². The molecule has 0 aliphatic carbocycles. The van der Waals surface area contributed by atoms with E-state index in [1.165, 1.54) is 0 Å². The summed E-state index contributed by atoms with van der Waals surface area (Å²) in [5.74, 6) is 0. The highest BCUT2D eigenvalue weighted by Gasteiger charge is 2.30. The van der Waals surface area contributed by atoms with Crippen molar-refractivity contribution < 1.29 is 4.84 Å². The quantitative estimate of drug-likeness (QED) is 0.506. The fourth-order valence-electron chi connectivity index (χ4n) is 0.961. The molecule has 0 saturated carbocycles. The molecule has 0 amide bonds. The number of nitrogens with zero attached hydrogens (tertiary/aromatic N) is 1. The largest absolute Gasteiger partial charge is 0.392 e. The van der Waals surface area contributed by atoms with Crippen LogP contribution in [0.25, 0.3) is 0 Å². The average Bonchev–Trinajstić information content (AvgIpc) is 2.11. The lowest BCUT2D eigenvalue weighted by atomic mass is 9.87. The maximum absolute atomic E-state index is 5.22. The van der Waals surface area contributed by atoms with Gasteiger partial charge in [0.2, 0.25) is 0 Å². The molecule has 1 aliphatic rings. The molecule has 0 saturated heterocycles. The van der Waals surface area contributed by atoms with Gasteiger partial charge in [0.15, 0.2) is 0 Å². The van der Waals surface area contributed by atoms with Crippen LogP contribution in [0, 0.1) is 5.41 Å². The number of hydrogen-bond donors (Lipinski definition) is 0. The monoisotopic (exact) mass is 141 g/mol. The van der Waals surface area contributed by atoms with Gasteiger partial charge in [0.1, 0.15) is 6.10 Å². The Kier molecular flexibility index (Phi) is 1.71. The van der Waals surface area contributed by atoms with Crippen LogP contribution in [0.2, 0.25) is 0 Å². The molecule has 2 nitrogen and oxygen atoms in total. The summed E-state index contributed by atoms with van der Waals surface area (Å²) in [6.45, 7) is 8.52. The predicted octanol–water partition coefficient (Wildman–Crippen LogP) is 2.20. The molecule has 0 unspecified atom stereocenters. The highest BCUT2D eigenvalue weighted by Crippen LogP contribution is 2.28. The first kappa shape index (κ1) is 7.58. The van der Waals surface area contributed by atoms with Crippen molar-refractivity contribution in [3.8, 4) is 0 Å². The Bertz CT molecular complexity index is 155. The van der Waals surface area contributed by atoms with Crippen LogP contribution in [0.4, 0.5) is 0 Å². The SMILES string of the molecule is CC1=NO[C@@H](C(C)(C)C)C1. The third kappa shape index (κ3) is 1.49. The summed E-state index contributed by atoms with van der Waals surface area (Å²) in [6.07, 6.45) is 1.27. The summed E-state index contributed by atoms with van der Waals surface area (Å²) in [5.41, 5.74) is 1.33. The third-order valence-corrected chi connectivity index (χ3v) is 1.78. The molecule has 0 aromatic rings. The van der Waals surface area contributed by atoms with Crippen molar-refractivity contribution in [1.29, 1.82) is 0 Å². The zero-order valence-corrected chi connectivity index (χ0v) is 7.14. The van der Waals surface area contributed by atoms with E-state index in [9.17, 15) is 0 Å². The van der Waals surface area contributed by atoms with E-state index in [-0.39, 0.29) is 11.5 Å². The first-order chi connectivity index (χ1) is 4.50. The summed E-state index contributed by atoms with van der Waals surface area (Å²) in [6, 6.07) is 0. The first-order valence-electron chi connectivity index (χ1n) is 3.69. The van der Waals surface area contributed by atoms with Crippen molar-refractivity contribution in [2.75, 3.05) is 0 Å². The van der Waals surface area contributed by atoms with Crippen LogP contribution in [-0.2, 0) is 4.84 Å². The molecule has 2 heteroatoms. The molecular formula is C8H15NO. The average molecular weight is 141 g/mol. The summed E-state index contributed by atoms with van der Waals surface area (Å²) in [4.78, 5) is 5.22. The van der Waals surface area contributed by atoms with Gasteiger partial charge >= 0.3 is 0 Å². The molecule has 0 spiro atoms. The maximum Gasteiger partial charge on any atom is 0.137 e. The molecule has 0 bridgehead atoms. The molecule has 1 aliphatic heterocycles. The van der Waals surface area contributed by atoms with Crippen LogP contribution < -0.4 is 0 Å². The number of hydrogen-bond acceptors (Lipinski definition) is 2. The minimum atomic E-state index is 0.223. The van der Waals surface area contributed by atoms with Crippen LogP contribution in [0.15, 0.2) is 5.16 Å². The van der Waals surface area contributed by atoms with Crippen LogP contribution in [-0.4, -0.2) is 11.8 Å². The Morgan fingerprint density at radius 3 is 2.30 bits per heavy atom. The smallest absolute Gasteiger partial charge is 0.137 e. The first-order valence-corrected chi connectivity index (χ1v) is 3.69. The Hall–Kier alpha value is -0.530. The molecular weight excluding hydrogens is 126 g/mol. The van der Waals surface area contributed by atoms with Gasteiger partial charge in [-0.15, -0.1) is 0 Å². The van der Waals surface area contributed by atoms with E-state index in [0.29, 0.717) is 0 Å². The summed E-state index contributed by atoms with van der Waals surface area (Å²) >= 11 is 0. The summed E-state index contributed by atoms with van der Waals surface area (Å²) < 4.78 is 0. The second kappa shape index (κ2) is 2.26. The Labute approximate surface area is 62.3 Å². The molecule has 0 N–H and O–H groups in total. The van der Waals surface area contributed by atoms with Gasteiger partial charge in [0, 0.05) is 11.8 Å². The van der Waals surface area contributed by atoms with Crippen molar-refractivity contribution >= 4 is 5.71 Å². The summed E-state index contributed by atoms with van der Waals surface area (Å²) in [5, 5.41) is 3.90. The Balaban J connectivity index is 2.50. The van der Waals surface area contributed by atoms with Crippen molar-refractivity contribution in [2.24, 2.45) is 10.6 Å². The van der Waals surface area contributed by atoms with Gasteiger partial charge in [-0.1, -0.05) is 25.9 Å². The zero-order valence-electron chi connectivity index (χ0n) is 7.14. The van der Waals surface area contributed by atoms with Crippen LogP contribution in [0.3, 0.4) is 0 Å². The zero-order chi connectivity index (χ0) is 7.78. The standard InChI is InChI=1S/C8H15NO/c1-6-5-7(10-9-6)8(2,3)4/h7H,5H2,1-4H3/t7-/m1/s1. The minimum Gasteiger partial charge on any atom is -0.392 e. The van der Waals surface area contributed by atoms with E-state index in [0.717, 1.165) is 12.1 Å². The van der Waals surface area contributed by atoms with Crippen LogP contribution in [0.5, 0.6) is 0 Å².